The number of benzene rings is 1. The molecule has 3 rings (SSSR count). The van der Waals surface area contributed by atoms with Crippen LogP contribution in [0, 0.1) is 11.3 Å². The topological polar surface area (TPSA) is 70.0 Å². The molecule has 0 radical (unpaired) electrons. The Bertz CT molecular complexity index is 813. The SMILES string of the molecule is CC(=O)c1ccc(C(=O)Nc2sc3c(c2C#N)CCCC3)cc1. The van der Waals surface area contributed by atoms with Crippen LogP contribution in [0.2, 0.25) is 0 Å². The predicted molar refractivity (Wildman–Crippen MR) is 90.1 cm³/mol. The zero-order chi connectivity index (χ0) is 16.4. The second-order valence-corrected chi connectivity index (χ2v) is 6.72. The Morgan fingerprint density at radius 2 is 1.78 bits per heavy atom. The first kappa shape index (κ1) is 15.4. The van der Waals surface area contributed by atoms with Crippen LogP contribution in [0.5, 0.6) is 0 Å². The van der Waals surface area contributed by atoms with Crippen LogP contribution in [0.1, 0.15) is 56.5 Å². The third-order valence-electron chi connectivity index (χ3n) is 4.06. The average Bonchev–Trinajstić information content (AvgIpc) is 2.91. The molecule has 0 aliphatic heterocycles. The summed E-state index contributed by atoms with van der Waals surface area (Å²) < 4.78 is 0. The van der Waals surface area contributed by atoms with Gasteiger partial charge in [-0.25, -0.2) is 0 Å². The van der Waals surface area contributed by atoms with E-state index in [0.717, 1.165) is 31.2 Å². The Hall–Kier alpha value is -2.45. The Morgan fingerprint density at radius 3 is 2.43 bits per heavy atom. The summed E-state index contributed by atoms with van der Waals surface area (Å²) in [7, 11) is 0. The van der Waals surface area contributed by atoms with E-state index in [-0.39, 0.29) is 11.7 Å². The maximum atomic E-state index is 12.4. The van der Waals surface area contributed by atoms with E-state index >= 15 is 0 Å². The Morgan fingerprint density at radius 1 is 1.13 bits per heavy atom. The van der Waals surface area contributed by atoms with E-state index in [9.17, 15) is 14.9 Å². The van der Waals surface area contributed by atoms with Gasteiger partial charge >= 0.3 is 0 Å². The molecule has 0 saturated heterocycles. The van der Waals surface area contributed by atoms with E-state index < -0.39 is 0 Å². The van der Waals surface area contributed by atoms with Crippen LogP contribution in [0.4, 0.5) is 5.00 Å². The van der Waals surface area contributed by atoms with E-state index in [1.807, 2.05) is 0 Å². The van der Waals surface area contributed by atoms with Gasteiger partial charge in [0.05, 0.1) is 5.56 Å². The van der Waals surface area contributed by atoms with Gasteiger partial charge in [0.15, 0.2) is 5.78 Å². The smallest absolute Gasteiger partial charge is 0.256 e. The second-order valence-electron chi connectivity index (χ2n) is 5.61. The van der Waals surface area contributed by atoms with Crippen LogP contribution >= 0.6 is 11.3 Å². The van der Waals surface area contributed by atoms with E-state index in [0.29, 0.717) is 21.7 Å². The number of thiophene rings is 1. The van der Waals surface area contributed by atoms with Crippen LogP contribution in [0.3, 0.4) is 0 Å². The quantitative estimate of drug-likeness (QED) is 0.869. The molecule has 0 saturated carbocycles. The van der Waals surface area contributed by atoms with E-state index in [4.69, 9.17) is 0 Å². The molecule has 1 N–H and O–H groups in total. The number of carbonyl (C=O) groups is 2. The molecule has 1 heterocycles. The number of hydrogen-bond acceptors (Lipinski definition) is 4. The molecule has 2 aromatic rings. The molecule has 1 aliphatic rings. The molecular weight excluding hydrogens is 308 g/mol. The number of aryl methyl sites for hydroxylation is 1. The molecule has 0 unspecified atom stereocenters. The van der Waals surface area contributed by atoms with Gasteiger partial charge < -0.3 is 5.32 Å². The Balaban J connectivity index is 1.84. The zero-order valence-corrected chi connectivity index (χ0v) is 13.6. The summed E-state index contributed by atoms with van der Waals surface area (Å²) in [5.41, 5.74) is 2.76. The molecule has 0 bridgehead atoms. The van der Waals surface area contributed by atoms with Gasteiger partial charge in [-0.15, -0.1) is 11.3 Å². The summed E-state index contributed by atoms with van der Waals surface area (Å²) in [6.07, 6.45) is 4.13. The number of anilines is 1. The van der Waals surface area contributed by atoms with Crippen LogP contribution < -0.4 is 5.32 Å². The zero-order valence-electron chi connectivity index (χ0n) is 12.8. The lowest BCUT2D eigenvalue weighted by Gasteiger charge is -2.09. The van der Waals surface area contributed by atoms with E-state index in [1.165, 1.54) is 23.1 Å². The van der Waals surface area contributed by atoms with Crippen molar-refractivity contribution in [2.45, 2.75) is 32.6 Å². The first-order valence-corrected chi connectivity index (χ1v) is 8.39. The van der Waals surface area contributed by atoms with Crippen molar-refractivity contribution in [3.8, 4) is 6.07 Å². The van der Waals surface area contributed by atoms with Crippen molar-refractivity contribution in [2.75, 3.05) is 5.32 Å². The van der Waals surface area contributed by atoms with Crippen molar-refractivity contribution in [2.24, 2.45) is 0 Å². The van der Waals surface area contributed by atoms with Crippen molar-refractivity contribution in [3.05, 3.63) is 51.4 Å². The number of nitrogens with one attached hydrogen (secondary N) is 1. The van der Waals surface area contributed by atoms with Crippen molar-refractivity contribution >= 4 is 28.0 Å². The van der Waals surface area contributed by atoms with Gasteiger partial charge in [-0.1, -0.05) is 12.1 Å². The van der Waals surface area contributed by atoms with Gasteiger partial charge in [0.25, 0.3) is 5.91 Å². The van der Waals surface area contributed by atoms with Gasteiger partial charge in [0, 0.05) is 16.0 Å². The van der Waals surface area contributed by atoms with Crippen molar-refractivity contribution in [1.82, 2.24) is 0 Å². The largest absolute Gasteiger partial charge is 0.312 e. The number of Topliss-reactive ketones (excluding diaryl/α,β-unsaturated/α-hetero) is 1. The summed E-state index contributed by atoms with van der Waals surface area (Å²) in [6.45, 7) is 1.49. The highest BCUT2D eigenvalue weighted by molar-refractivity contribution is 7.16. The minimum absolute atomic E-state index is 0.0327. The third-order valence-corrected chi connectivity index (χ3v) is 5.27. The van der Waals surface area contributed by atoms with Crippen LogP contribution in [-0.4, -0.2) is 11.7 Å². The fourth-order valence-electron chi connectivity index (χ4n) is 2.80. The second kappa shape index (κ2) is 6.35. The third kappa shape index (κ3) is 3.03. The van der Waals surface area contributed by atoms with Crippen molar-refractivity contribution < 1.29 is 9.59 Å². The number of fused-ring (bicyclic) bond motifs is 1. The molecule has 5 heteroatoms. The van der Waals surface area contributed by atoms with Gasteiger partial charge in [0.1, 0.15) is 11.1 Å². The lowest BCUT2D eigenvalue weighted by molar-refractivity contribution is 0.101. The molecule has 0 atom stereocenters. The van der Waals surface area contributed by atoms with Gasteiger partial charge in [-0.05, 0) is 50.3 Å². The average molecular weight is 324 g/mol. The molecule has 0 spiro atoms. The highest BCUT2D eigenvalue weighted by Gasteiger charge is 2.22. The lowest BCUT2D eigenvalue weighted by Crippen LogP contribution is -2.12. The monoisotopic (exact) mass is 324 g/mol. The molecule has 1 aromatic carbocycles. The minimum Gasteiger partial charge on any atom is -0.312 e. The maximum absolute atomic E-state index is 12.4. The number of rotatable bonds is 3. The summed E-state index contributed by atoms with van der Waals surface area (Å²) >= 11 is 1.51. The molecule has 23 heavy (non-hydrogen) atoms. The molecule has 116 valence electrons. The summed E-state index contributed by atoms with van der Waals surface area (Å²) in [6, 6.07) is 8.78. The maximum Gasteiger partial charge on any atom is 0.256 e. The molecular formula is C18H16N2O2S. The number of nitrogens with zero attached hydrogens (tertiary/aromatic N) is 1. The van der Waals surface area contributed by atoms with Crippen LogP contribution in [0.15, 0.2) is 24.3 Å². The first-order chi connectivity index (χ1) is 11.1. The van der Waals surface area contributed by atoms with Gasteiger partial charge in [0.2, 0.25) is 0 Å². The van der Waals surface area contributed by atoms with Crippen LogP contribution in [-0.2, 0) is 12.8 Å². The molecule has 1 aliphatic carbocycles. The normalized spacial score (nSPS) is 13.0. The summed E-state index contributed by atoms with van der Waals surface area (Å²) in [5, 5.41) is 12.9. The summed E-state index contributed by atoms with van der Waals surface area (Å²) in [5.74, 6) is -0.287. The fourth-order valence-corrected chi connectivity index (χ4v) is 4.04. The lowest BCUT2D eigenvalue weighted by atomic mass is 9.96. The predicted octanol–water partition coefficient (Wildman–Crippen LogP) is 3.95. The fraction of sp³-hybridized carbons (Fsp3) is 0.278. The van der Waals surface area contributed by atoms with Crippen LogP contribution in [0.25, 0.3) is 0 Å². The first-order valence-electron chi connectivity index (χ1n) is 7.57. The standard InChI is InChI=1S/C18H16N2O2S/c1-11(21)12-6-8-13(9-7-12)17(22)20-18-15(10-19)14-4-2-3-5-16(14)23-18/h6-9H,2-5H2,1H3,(H,20,22). The van der Waals surface area contributed by atoms with Crippen molar-refractivity contribution in [1.29, 1.82) is 5.26 Å². The van der Waals surface area contributed by atoms with E-state index in [2.05, 4.69) is 11.4 Å². The number of nitriles is 1. The molecule has 0 fully saturated rings. The van der Waals surface area contributed by atoms with Gasteiger partial charge in [-0.2, -0.15) is 5.26 Å². The Kier molecular flexibility index (Phi) is 4.26. The summed E-state index contributed by atoms with van der Waals surface area (Å²) in [4.78, 5) is 24.9. The van der Waals surface area contributed by atoms with Crippen molar-refractivity contribution in [3.63, 3.8) is 0 Å². The minimum atomic E-state index is -0.254. The molecule has 1 amide bonds. The van der Waals surface area contributed by atoms with Gasteiger partial charge in [-0.3, -0.25) is 9.59 Å². The number of amides is 1. The number of ketones is 1. The number of hydrogen-bond donors (Lipinski definition) is 1. The Labute approximate surface area is 138 Å². The number of carbonyl (C=O) groups excluding carboxylic acids is 2. The van der Waals surface area contributed by atoms with E-state index in [1.54, 1.807) is 24.3 Å². The highest BCUT2D eigenvalue weighted by Crippen LogP contribution is 2.37. The molecule has 4 nitrogen and oxygen atoms in total. The highest BCUT2D eigenvalue weighted by atomic mass is 32.1. The molecule has 1 aromatic heterocycles.